The maximum absolute atomic E-state index is 13.7. The summed E-state index contributed by atoms with van der Waals surface area (Å²) in [4.78, 5) is 28.2. The number of nitrogens with zero attached hydrogens (tertiary/aromatic N) is 2. The quantitative estimate of drug-likeness (QED) is 0.408. The van der Waals surface area contributed by atoms with E-state index in [1.165, 1.54) is 4.90 Å². The van der Waals surface area contributed by atoms with Crippen molar-refractivity contribution in [2.45, 2.75) is 57.7 Å². The Labute approximate surface area is 231 Å². The Bertz CT molecular complexity index is 1210. The molecule has 1 fully saturated rings. The molecule has 0 bridgehead atoms. The molecule has 2 amide bonds. The van der Waals surface area contributed by atoms with Crippen molar-refractivity contribution in [2.75, 3.05) is 17.1 Å². The number of halogens is 3. The van der Waals surface area contributed by atoms with Crippen LogP contribution < -0.4 is 9.62 Å². The molecule has 2 aromatic carbocycles. The smallest absolute Gasteiger partial charge is 0.244 e. The molecule has 2 aromatic rings. The number of carbonyl (C=O) groups is 2. The van der Waals surface area contributed by atoms with Crippen LogP contribution in [0.15, 0.2) is 46.9 Å². The molecule has 0 radical (unpaired) electrons. The zero-order valence-corrected chi connectivity index (χ0v) is 24.1. The Morgan fingerprint density at radius 3 is 2.39 bits per heavy atom. The summed E-state index contributed by atoms with van der Waals surface area (Å²) < 4.78 is 26.9. The first-order chi connectivity index (χ1) is 17.0. The molecule has 0 unspecified atom stereocenters. The van der Waals surface area contributed by atoms with Gasteiger partial charge < -0.3 is 10.2 Å². The number of amides is 2. The Kier molecular flexibility index (Phi) is 10.1. The minimum Gasteiger partial charge on any atom is -0.352 e. The van der Waals surface area contributed by atoms with Gasteiger partial charge in [-0.2, -0.15) is 0 Å². The molecule has 0 aliphatic heterocycles. The summed E-state index contributed by atoms with van der Waals surface area (Å²) >= 11 is 15.8. The van der Waals surface area contributed by atoms with Crippen LogP contribution in [0.2, 0.25) is 10.0 Å². The van der Waals surface area contributed by atoms with Gasteiger partial charge in [-0.05, 0) is 65.5 Å². The van der Waals surface area contributed by atoms with E-state index >= 15 is 0 Å². The number of hydrogen-bond acceptors (Lipinski definition) is 4. The summed E-state index contributed by atoms with van der Waals surface area (Å²) in [6.45, 7) is 1.18. The average molecular weight is 619 g/mol. The van der Waals surface area contributed by atoms with Gasteiger partial charge in [0.2, 0.25) is 21.8 Å². The average Bonchev–Trinajstić information content (AvgIpc) is 2.82. The van der Waals surface area contributed by atoms with Crippen LogP contribution in [0.3, 0.4) is 0 Å². The lowest BCUT2D eigenvalue weighted by molar-refractivity contribution is -0.139. The van der Waals surface area contributed by atoms with Crippen molar-refractivity contribution in [1.29, 1.82) is 0 Å². The summed E-state index contributed by atoms with van der Waals surface area (Å²) in [5.74, 6) is -0.819. The second kappa shape index (κ2) is 12.6. The number of carbonyl (C=O) groups excluding carboxylic acids is 2. The van der Waals surface area contributed by atoms with Gasteiger partial charge in [0, 0.05) is 27.1 Å². The van der Waals surface area contributed by atoms with Crippen LogP contribution in [-0.4, -0.2) is 50.0 Å². The molecule has 0 spiro atoms. The van der Waals surface area contributed by atoms with Gasteiger partial charge >= 0.3 is 0 Å². The molecule has 0 aromatic heterocycles. The Hall–Kier alpha value is -1.81. The first-order valence-corrected chi connectivity index (χ1v) is 15.1. The van der Waals surface area contributed by atoms with Gasteiger partial charge in [0.1, 0.15) is 12.6 Å². The second-order valence-corrected chi connectivity index (χ2v) is 12.6. The molecule has 1 N–H and O–H groups in total. The largest absolute Gasteiger partial charge is 0.352 e. The lowest BCUT2D eigenvalue weighted by Crippen LogP contribution is -2.53. The monoisotopic (exact) mass is 617 g/mol. The Morgan fingerprint density at radius 1 is 1.11 bits per heavy atom. The van der Waals surface area contributed by atoms with E-state index in [4.69, 9.17) is 23.2 Å². The SMILES string of the molecule is C[C@@H](C(=O)NC1CCCCC1)N(Cc1ccc(Cl)cc1Cl)C(=O)CN(c1ccccc1Br)S(C)(=O)=O. The van der Waals surface area contributed by atoms with Crippen molar-refractivity contribution in [3.63, 3.8) is 0 Å². The number of anilines is 1. The molecular formula is C25H30BrCl2N3O4S. The van der Waals surface area contributed by atoms with E-state index in [1.54, 1.807) is 49.4 Å². The number of nitrogens with one attached hydrogen (secondary N) is 1. The van der Waals surface area contributed by atoms with E-state index in [1.807, 2.05) is 0 Å². The molecule has 11 heteroatoms. The van der Waals surface area contributed by atoms with Gasteiger partial charge in [-0.3, -0.25) is 13.9 Å². The van der Waals surface area contributed by atoms with Gasteiger partial charge in [0.25, 0.3) is 0 Å². The summed E-state index contributed by atoms with van der Waals surface area (Å²) in [5, 5.41) is 3.86. The van der Waals surface area contributed by atoms with Crippen LogP contribution in [0.4, 0.5) is 5.69 Å². The third-order valence-electron chi connectivity index (χ3n) is 6.27. The van der Waals surface area contributed by atoms with E-state index in [0.29, 0.717) is 25.8 Å². The minimum absolute atomic E-state index is 0.0155. The summed E-state index contributed by atoms with van der Waals surface area (Å²) in [5.41, 5.74) is 0.927. The third-order valence-corrected chi connectivity index (χ3v) is 8.66. The normalized spacial score (nSPS) is 15.2. The van der Waals surface area contributed by atoms with Crippen molar-refractivity contribution in [3.05, 3.63) is 62.5 Å². The third kappa shape index (κ3) is 7.60. The van der Waals surface area contributed by atoms with E-state index < -0.39 is 28.5 Å². The number of benzene rings is 2. The lowest BCUT2D eigenvalue weighted by atomic mass is 9.95. The lowest BCUT2D eigenvalue weighted by Gasteiger charge is -2.33. The zero-order valence-electron chi connectivity index (χ0n) is 20.2. The summed E-state index contributed by atoms with van der Waals surface area (Å²) in [7, 11) is -3.81. The highest BCUT2D eigenvalue weighted by Crippen LogP contribution is 2.29. The highest BCUT2D eigenvalue weighted by atomic mass is 79.9. The van der Waals surface area contributed by atoms with Gasteiger partial charge in [-0.25, -0.2) is 8.42 Å². The maximum atomic E-state index is 13.7. The standard InChI is InChI=1S/C25H30BrCl2N3O4S/c1-17(25(33)29-20-8-4-3-5-9-20)30(15-18-12-13-19(27)14-22(18)28)24(32)16-31(36(2,34)35)23-11-7-6-10-21(23)26/h6-7,10-14,17,20H,3-5,8-9,15-16H2,1-2H3,(H,29,33)/t17-/m0/s1. The number of para-hydroxylation sites is 1. The summed E-state index contributed by atoms with van der Waals surface area (Å²) in [6.07, 6.45) is 6.10. The van der Waals surface area contributed by atoms with E-state index in [9.17, 15) is 18.0 Å². The molecular weight excluding hydrogens is 589 g/mol. The van der Waals surface area contributed by atoms with Crippen LogP contribution in [0.5, 0.6) is 0 Å². The number of sulfonamides is 1. The predicted octanol–water partition coefficient (Wildman–Crippen LogP) is 5.39. The second-order valence-electron chi connectivity index (χ2n) is 9.00. The molecule has 7 nitrogen and oxygen atoms in total. The van der Waals surface area contributed by atoms with E-state index in [0.717, 1.165) is 42.7 Å². The van der Waals surface area contributed by atoms with E-state index in [-0.39, 0.29) is 18.5 Å². The Morgan fingerprint density at radius 2 is 1.78 bits per heavy atom. The molecule has 1 aliphatic rings. The zero-order chi connectivity index (χ0) is 26.5. The number of rotatable bonds is 9. The minimum atomic E-state index is -3.81. The van der Waals surface area contributed by atoms with Crippen molar-refractivity contribution < 1.29 is 18.0 Å². The van der Waals surface area contributed by atoms with Gasteiger partial charge in [-0.1, -0.05) is 60.7 Å². The van der Waals surface area contributed by atoms with Crippen LogP contribution in [0, 0.1) is 0 Å². The van der Waals surface area contributed by atoms with Crippen molar-refractivity contribution in [1.82, 2.24) is 10.2 Å². The highest BCUT2D eigenvalue weighted by Gasteiger charge is 2.32. The number of hydrogen-bond donors (Lipinski definition) is 1. The molecule has 1 aliphatic carbocycles. The van der Waals surface area contributed by atoms with Crippen molar-refractivity contribution in [3.8, 4) is 0 Å². The molecule has 1 atom stereocenters. The van der Waals surface area contributed by atoms with Gasteiger partial charge in [0.05, 0.1) is 11.9 Å². The molecule has 36 heavy (non-hydrogen) atoms. The molecule has 0 heterocycles. The maximum Gasteiger partial charge on any atom is 0.244 e. The fourth-order valence-electron chi connectivity index (χ4n) is 4.23. The van der Waals surface area contributed by atoms with Crippen LogP contribution in [-0.2, 0) is 26.2 Å². The highest BCUT2D eigenvalue weighted by molar-refractivity contribution is 9.10. The first kappa shape index (κ1) is 28.8. The van der Waals surface area contributed by atoms with Crippen LogP contribution in [0.1, 0.15) is 44.6 Å². The topological polar surface area (TPSA) is 86.8 Å². The fraction of sp³-hybridized carbons (Fsp3) is 0.440. The van der Waals surface area contributed by atoms with Crippen LogP contribution in [0.25, 0.3) is 0 Å². The van der Waals surface area contributed by atoms with E-state index in [2.05, 4.69) is 21.2 Å². The molecule has 196 valence electrons. The predicted molar refractivity (Wildman–Crippen MR) is 148 cm³/mol. The molecule has 3 rings (SSSR count). The Balaban J connectivity index is 1.91. The molecule has 0 saturated heterocycles. The first-order valence-electron chi connectivity index (χ1n) is 11.7. The van der Waals surface area contributed by atoms with Crippen LogP contribution >= 0.6 is 39.1 Å². The van der Waals surface area contributed by atoms with Gasteiger partial charge in [-0.15, -0.1) is 0 Å². The fourth-order valence-corrected chi connectivity index (χ4v) is 6.18. The molecule has 1 saturated carbocycles. The summed E-state index contributed by atoms with van der Waals surface area (Å²) in [6, 6.07) is 10.9. The van der Waals surface area contributed by atoms with Crippen molar-refractivity contribution >= 4 is 66.7 Å². The van der Waals surface area contributed by atoms with Gasteiger partial charge in [0.15, 0.2) is 0 Å². The van der Waals surface area contributed by atoms with Crippen molar-refractivity contribution in [2.24, 2.45) is 0 Å².